The Morgan fingerprint density at radius 2 is 1.83 bits per heavy atom. The Bertz CT molecular complexity index is 1070. The van der Waals surface area contributed by atoms with E-state index in [9.17, 15) is 14.4 Å². The van der Waals surface area contributed by atoms with Gasteiger partial charge in [0.05, 0.1) is 5.60 Å². The second-order valence-corrected chi connectivity index (χ2v) is 9.40. The topological polar surface area (TPSA) is 82.3 Å². The molecule has 1 amide bonds. The summed E-state index contributed by atoms with van der Waals surface area (Å²) in [5.74, 6) is -0.573. The third-order valence-electron chi connectivity index (χ3n) is 5.46. The molecule has 0 aliphatic heterocycles. The van der Waals surface area contributed by atoms with Gasteiger partial charge >= 0.3 is 13.2 Å². The second-order valence-electron chi connectivity index (χ2n) is 8.29. The SMILES string of the molecule is CCc1c([B]OC(C)(C)C(C)(C)S)cccc1NC(=O)c1cn(C)c(=O)n(C)c1=O. The molecule has 0 saturated carbocycles. The summed E-state index contributed by atoms with van der Waals surface area (Å²) in [7, 11) is 4.52. The normalized spacial score (nSPS) is 12.0. The maximum Gasteiger partial charge on any atom is 0.331 e. The Balaban J connectivity index is 2.34. The van der Waals surface area contributed by atoms with E-state index in [1.54, 1.807) is 13.5 Å². The van der Waals surface area contributed by atoms with Gasteiger partial charge in [0.15, 0.2) is 0 Å². The molecule has 30 heavy (non-hydrogen) atoms. The van der Waals surface area contributed by atoms with E-state index in [1.165, 1.54) is 24.9 Å². The average molecular weight is 430 g/mol. The van der Waals surface area contributed by atoms with Crippen molar-refractivity contribution in [2.75, 3.05) is 5.32 Å². The quantitative estimate of drug-likeness (QED) is 0.517. The number of carbonyl (C=O) groups excluding carboxylic acids is 1. The van der Waals surface area contributed by atoms with Crippen molar-refractivity contribution in [1.82, 2.24) is 9.13 Å². The van der Waals surface area contributed by atoms with E-state index in [0.29, 0.717) is 12.1 Å². The lowest BCUT2D eigenvalue weighted by Crippen LogP contribution is -2.46. The number of aromatic nitrogens is 2. The number of nitrogens with zero attached hydrogens (tertiary/aromatic N) is 2. The summed E-state index contributed by atoms with van der Waals surface area (Å²) in [4.78, 5) is 37.0. The summed E-state index contributed by atoms with van der Waals surface area (Å²) in [5, 5.41) is 2.80. The predicted molar refractivity (Wildman–Crippen MR) is 124 cm³/mol. The highest BCUT2D eigenvalue weighted by Gasteiger charge is 2.34. The van der Waals surface area contributed by atoms with E-state index < -0.39 is 22.8 Å². The molecule has 0 fully saturated rings. The van der Waals surface area contributed by atoms with Crippen molar-refractivity contribution in [2.45, 2.75) is 51.4 Å². The summed E-state index contributed by atoms with van der Waals surface area (Å²) >= 11 is 4.61. The van der Waals surface area contributed by atoms with Crippen molar-refractivity contribution in [3.63, 3.8) is 0 Å². The standard InChI is InChI=1S/C21H29BN3O4S/c1-8-13-15(22-29-20(2,3)21(4,5)30)10-9-11-16(13)23-17(26)14-12-24(6)19(28)25(7)18(14)27/h9-12,30H,8H2,1-7H3,(H,23,26). The van der Waals surface area contributed by atoms with Crippen molar-refractivity contribution in [3.05, 3.63) is 56.4 Å². The third kappa shape index (κ3) is 4.90. The molecule has 161 valence electrons. The Morgan fingerprint density at radius 1 is 1.20 bits per heavy atom. The van der Waals surface area contributed by atoms with E-state index in [0.717, 1.165) is 15.6 Å². The van der Waals surface area contributed by atoms with Crippen LogP contribution in [0.3, 0.4) is 0 Å². The number of benzene rings is 1. The number of nitrogens with one attached hydrogen (secondary N) is 1. The molecule has 2 rings (SSSR count). The molecule has 1 aromatic carbocycles. The van der Waals surface area contributed by atoms with Gasteiger partial charge in [0.25, 0.3) is 11.5 Å². The molecule has 9 heteroatoms. The first kappa shape index (κ1) is 24.0. The number of rotatable bonds is 7. The maximum absolute atomic E-state index is 12.8. The van der Waals surface area contributed by atoms with Crippen molar-refractivity contribution in [3.8, 4) is 0 Å². The molecule has 0 bridgehead atoms. The van der Waals surface area contributed by atoms with Crippen LogP contribution in [0.1, 0.15) is 50.5 Å². The van der Waals surface area contributed by atoms with Crippen LogP contribution in [-0.4, -0.2) is 32.9 Å². The zero-order valence-electron chi connectivity index (χ0n) is 18.6. The highest BCUT2D eigenvalue weighted by Crippen LogP contribution is 2.30. The number of carbonyl (C=O) groups is 1. The van der Waals surface area contributed by atoms with E-state index in [4.69, 9.17) is 4.65 Å². The highest BCUT2D eigenvalue weighted by molar-refractivity contribution is 7.81. The van der Waals surface area contributed by atoms with Crippen molar-refractivity contribution in [2.24, 2.45) is 14.1 Å². The fourth-order valence-corrected chi connectivity index (χ4v) is 2.79. The fraction of sp³-hybridized carbons (Fsp3) is 0.476. The van der Waals surface area contributed by atoms with E-state index in [-0.39, 0.29) is 10.3 Å². The van der Waals surface area contributed by atoms with Gasteiger partial charge in [0.1, 0.15) is 5.56 Å². The summed E-state index contributed by atoms with van der Waals surface area (Å²) in [6.07, 6.45) is 1.89. The summed E-state index contributed by atoms with van der Waals surface area (Å²) < 4.78 is 7.77. The predicted octanol–water partition coefficient (Wildman–Crippen LogP) is 1.65. The number of aryl methyl sites for hydroxylation is 1. The Labute approximate surface area is 183 Å². The molecule has 1 radical (unpaired) electrons. The Hall–Kier alpha value is -2.26. The van der Waals surface area contributed by atoms with Gasteiger partial charge in [-0.15, -0.1) is 0 Å². The smallest absolute Gasteiger partial charge is 0.331 e. The van der Waals surface area contributed by atoms with Crippen molar-refractivity contribution >= 4 is 37.2 Å². The summed E-state index contributed by atoms with van der Waals surface area (Å²) in [5.41, 5.74) is 0.520. The summed E-state index contributed by atoms with van der Waals surface area (Å²) in [6, 6.07) is 5.48. The van der Waals surface area contributed by atoms with Crippen LogP contribution in [-0.2, 0) is 25.2 Å². The first-order valence-corrected chi connectivity index (χ1v) is 10.2. The van der Waals surface area contributed by atoms with Gasteiger partial charge < -0.3 is 14.5 Å². The van der Waals surface area contributed by atoms with Crippen LogP contribution in [0.25, 0.3) is 0 Å². The molecule has 1 heterocycles. The van der Waals surface area contributed by atoms with Gasteiger partial charge in [-0.1, -0.05) is 19.1 Å². The molecule has 2 aromatic rings. The Kier molecular flexibility index (Phi) is 7.09. The molecule has 0 atom stereocenters. The molecular formula is C21H29BN3O4S. The van der Waals surface area contributed by atoms with Crippen LogP contribution < -0.4 is 22.0 Å². The molecule has 0 saturated heterocycles. The lowest BCUT2D eigenvalue weighted by Gasteiger charge is -2.38. The highest BCUT2D eigenvalue weighted by atomic mass is 32.1. The maximum atomic E-state index is 12.8. The van der Waals surface area contributed by atoms with Crippen LogP contribution in [0.4, 0.5) is 5.69 Å². The van der Waals surface area contributed by atoms with Crippen LogP contribution in [0.15, 0.2) is 34.0 Å². The molecule has 0 unspecified atom stereocenters. The molecule has 7 nitrogen and oxygen atoms in total. The van der Waals surface area contributed by atoms with Gasteiger partial charge in [-0.2, -0.15) is 12.6 Å². The van der Waals surface area contributed by atoms with Crippen LogP contribution >= 0.6 is 12.6 Å². The van der Waals surface area contributed by atoms with Crippen molar-refractivity contribution < 1.29 is 9.45 Å². The minimum atomic E-state index is -0.641. The molecule has 0 aliphatic rings. The minimum absolute atomic E-state index is 0.106. The number of anilines is 1. The zero-order chi connectivity index (χ0) is 22.9. The average Bonchev–Trinajstić information content (AvgIpc) is 2.66. The monoisotopic (exact) mass is 430 g/mol. The molecule has 1 N–H and O–H groups in total. The number of hydrogen-bond acceptors (Lipinski definition) is 5. The van der Waals surface area contributed by atoms with Gasteiger partial charge in [-0.25, -0.2) is 4.79 Å². The van der Waals surface area contributed by atoms with Crippen LogP contribution in [0, 0.1) is 0 Å². The third-order valence-corrected chi connectivity index (χ3v) is 6.00. The van der Waals surface area contributed by atoms with Crippen LogP contribution in [0.5, 0.6) is 0 Å². The summed E-state index contributed by atoms with van der Waals surface area (Å²) in [6.45, 7) is 9.86. The molecular weight excluding hydrogens is 401 g/mol. The number of amides is 1. The lowest BCUT2D eigenvalue weighted by molar-refractivity contribution is 0.0854. The van der Waals surface area contributed by atoms with E-state index >= 15 is 0 Å². The molecule has 0 aliphatic carbocycles. The number of thiol groups is 1. The lowest BCUT2D eigenvalue weighted by atomic mass is 9.80. The van der Waals surface area contributed by atoms with E-state index in [1.807, 2.05) is 46.8 Å². The second kappa shape index (κ2) is 8.85. The van der Waals surface area contributed by atoms with Gasteiger partial charge in [-0.3, -0.25) is 14.2 Å². The first-order valence-electron chi connectivity index (χ1n) is 9.73. The van der Waals surface area contributed by atoms with Gasteiger partial charge in [-0.05, 0) is 51.2 Å². The first-order chi connectivity index (χ1) is 13.8. The van der Waals surface area contributed by atoms with Crippen molar-refractivity contribution in [1.29, 1.82) is 0 Å². The fourth-order valence-electron chi connectivity index (χ4n) is 2.74. The Morgan fingerprint density at radius 3 is 2.40 bits per heavy atom. The molecule has 1 aromatic heterocycles. The minimum Gasteiger partial charge on any atom is -0.428 e. The number of hydrogen-bond donors (Lipinski definition) is 2. The van der Waals surface area contributed by atoms with E-state index in [2.05, 4.69) is 17.9 Å². The molecule has 0 spiro atoms. The van der Waals surface area contributed by atoms with Gasteiger partial charge in [0, 0.05) is 30.7 Å². The largest absolute Gasteiger partial charge is 0.428 e. The van der Waals surface area contributed by atoms with Crippen LogP contribution in [0.2, 0.25) is 0 Å². The van der Waals surface area contributed by atoms with Gasteiger partial charge in [0.2, 0.25) is 0 Å². The zero-order valence-corrected chi connectivity index (χ0v) is 19.5.